The van der Waals surface area contributed by atoms with Gasteiger partial charge in [0, 0.05) is 0 Å². The van der Waals surface area contributed by atoms with Crippen LogP contribution in [0.3, 0.4) is 0 Å². The van der Waals surface area contributed by atoms with Crippen LogP contribution in [-0.4, -0.2) is 23.0 Å². The van der Waals surface area contributed by atoms with Gasteiger partial charge in [-0.2, -0.15) is 0 Å². The number of fused-ring (bicyclic) bond motifs is 1. The molecule has 0 atom stereocenters. The highest BCUT2D eigenvalue weighted by molar-refractivity contribution is 5.93. The van der Waals surface area contributed by atoms with E-state index in [9.17, 15) is 9.59 Å². The zero-order chi connectivity index (χ0) is 10.8. The number of rotatable bonds is 1. The van der Waals surface area contributed by atoms with Gasteiger partial charge in [-0.3, -0.25) is 4.79 Å². The molecule has 76 valence electrons. The van der Waals surface area contributed by atoms with E-state index in [2.05, 4.69) is 14.7 Å². The number of esters is 1. The Morgan fingerprint density at radius 3 is 3.00 bits per heavy atom. The third-order valence-electron chi connectivity index (χ3n) is 2.00. The summed E-state index contributed by atoms with van der Waals surface area (Å²) in [5, 5.41) is 0. The Bertz CT molecular complexity index is 574. The first-order valence-corrected chi connectivity index (χ1v) is 4.28. The number of benzene rings is 1. The molecule has 15 heavy (non-hydrogen) atoms. The summed E-state index contributed by atoms with van der Waals surface area (Å²) >= 11 is 0. The lowest BCUT2D eigenvalue weighted by molar-refractivity contribution is 0.0601. The van der Waals surface area contributed by atoms with Crippen molar-refractivity contribution in [2.75, 3.05) is 7.11 Å². The molecule has 1 N–H and O–H groups in total. The number of ether oxygens (including phenoxy) is 1. The number of nitrogens with one attached hydrogen (secondary N) is 1. The fourth-order valence-electron chi connectivity index (χ4n) is 1.29. The molecule has 0 aliphatic carbocycles. The van der Waals surface area contributed by atoms with Gasteiger partial charge in [0.2, 0.25) is 0 Å². The second-order valence-corrected chi connectivity index (χ2v) is 2.97. The lowest BCUT2D eigenvalue weighted by atomic mass is 10.2. The van der Waals surface area contributed by atoms with Crippen LogP contribution in [0.2, 0.25) is 0 Å². The molecule has 0 unspecified atom stereocenters. The molecular formula is C10H8N2O3. The molecule has 0 spiro atoms. The molecule has 1 aromatic carbocycles. The Hall–Kier alpha value is -2.17. The molecule has 5 nitrogen and oxygen atoms in total. The van der Waals surface area contributed by atoms with Gasteiger partial charge in [-0.1, -0.05) is 0 Å². The van der Waals surface area contributed by atoms with E-state index in [1.807, 2.05) is 0 Å². The minimum absolute atomic E-state index is 0.301. The standard InChI is InChI=1S/C10H8N2O3/c1-15-10(14)6-2-3-7-8(4-6)12-9(13)5-11-7/h2-5H,1H3,(H,12,13). The number of carbonyl (C=O) groups excluding carboxylic acids is 1. The highest BCUT2D eigenvalue weighted by atomic mass is 16.5. The van der Waals surface area contributed by atoms with E-state index >= 15 is 0 Å². The van der Waals surface area contributed by atoms with Crippen LogP contribution < -0.4 is 5.56 Å². The van der Waals surface area contributed by atoms with Gasteiger partial charge in [-0.15, -0.1) is 0 Å². The predicted molar refractivity (Wildman–Crippen MR) is 53.7 cm³/mol. The Morgan fingerprint density at radius 1 is 1.47 bits per heavy atom. The first-order valence-electron chi connectivity index (χ1n) is 4.28. The fraction of sp³-hybridized carbons (Fsp3) is 0.100. The van der Waals surface area contributed by atoms with Crippen LogP contribution in [0.25, 0.3) is 11.0 Å². The predicted octanol–water partition coefficient (Wildman–Crippen LogP) is 0.710. The molecule has 0 aliphatic rings. The maximum atomic E-state index is 11.2. The molecule has 0 fully saturated rings. The molecule has 2 aromatic rings. The molecule has 0 bridgehead atoms. The van der Waals surface area contributed by atoms with Gasteiger partial charge in [0.25, 0.3) is 5.56 Å². The number of nitrogens with zero attached hydrogens (tertiary/aromatic N) is 1. The normalized spacial score (nSPS) is 10.2. The maximum Gasteiger partial charge on any atom is 0.337 e. The number of hydrogen-bond acceptors (Lipinski definition) is 4. The van der Waals surface area contributed by atoms with Crippen molar-refractivity contribution < 1.29 is 9.53 Å². The zero-order valence-electron chi connectivity index (χ0n) is 7.98. The first-order chi connectivity index (χ1) is 7.20. The van der Waals surface area contributed by atoms with E-state index in [0.717, 1.165) is 0 Å². The lowest BCUT2D eigenvalue weighted by Crippen LogP contribution is -2.06. The molecule has 0 aliphatic heterocycles. The fourth-order valence-corrected chi connectivity index (χ4v) is 1.29. The number of carbonyl (C=O) groups is 1. The Balaban J connectivity index is 2.64. The zero-order valence-corrected chi connectivity index (χ0v) is 7.98. The van der Waals surface area contributed by atoms with Gasteiger partial charge < -0.3 is 9.72 Å². The van der Waals surface area contributed by atoms with Crippen molar-refractivity contribution >= 4 is 17.0 Å². The molecule has 2 rings (SSSR count). The van der Waals surface area contributed by atoms with Gasteiger partial charge in [0.15, 0.2) is 0 Å². The van der Waals surface area contributed by atoms with Crippen molar-refractivity contribution in [3.8, 4) is 0 Å². The average molecular weight is 204 g/mol. The van der Waals surface area contributed by atoms with E-state index in [0.29, 0.717) is 16.6 Å². The van der Waals surface area contributed by atoms with Crippen molar-refractivity contribution in [2.24, 2.45) is 0 Å². The van der Waals surface area contributed by atoms with E-state index < -0.39 is 5.97 Å². The number of aromatic amines is 1. The van der Waals surface area contributed by atoms with E-state index in [1.165, 1.54) is 19.4 Å². The van der Waals surface area contributed by atoms with Gasteiger partial charge in [-0.05, 0) is 18.2 Å². The minimum Gasteiger partial charge on any atom is -0.465 e. The lowest BCUT2D eigenvalue weighted by Gasteiger charge is -2.00. The van der Waals surface area contributed by atoms with E-state index in [1.54, 1.807) is 12.1 Å². The number of hydrogen-bond donors (Lipinski definition) is 1. The van der Waals surface area contributed by atoms with Gasteiger partial charge in [0.1, 0.15) is 0 Å². The Morgan fingerprint density at radius 2 is 2.27 bits per heavy atom. The van der Waals surface area contributed by atoms with Crippen molar-refractivity contribution in [3.63, 3.8) is 0 Å². The highest BCUT2D eigenvalue weighted by Gasteiger charge is 2.06. The van der Waals surface area contributed by atoms with Crippen LogP contribution in [0.15, 0.2) is 29.2 Å². The topological polar surface area (TPSA) is 72.0 Å². The van der Waals surface area contributed by atoms with Crippen molar-refractivity contribution in [1.82, 2.24) is 9.97 Å². The van der Waals surface area contributed by atoms with Crippen LogP contribution in [0.4, 0.5) is 0 Å². The smallest absolute Gasteiger partial charge is 0.337 e. The summed E-state index contributed by atoms with van der Waals surface area (Å²) in [5.41, 5.74) is 1.23. The van der Waals surface area contributed by atoms with Gasteiger partial charge in [-0.25, -0.2) is 9.78 Å². The van der Waals surface area contributed by atoms with Crippen molar-refractivity contribution in [1.29, 1.82) is 0 Å². The van der Waals surface area contributed by atoms with Crippen molar-refractivity contribution in [2.45, 2.75) is 0 Å². The molecule has 0 amide bonds. The summed E-state index contributed by atoms with van der Waals surface area (Å²) in [4.78, 5) is 28.7. The van der Waals surface area contributed by atoms with E-state index in [4.69, 9.17) is 0 Å². The quantitative estimate of drug-likeness (QED) is 0.694. The molecule has 0 radical (unpaired) electrons. The van der Waals surface area contributed by atoms with Crippen LogP contribution in [-0.2, 0) is 4.74 Å². The molecule has 1 heterocycles. The molecule has 5 heteroatoms. The van der Waals surface area contributed by atoms with E-state index in [-0.39, 0.29) is 5.56 Å². The summed E-state index contributed by atoms with van der Waals surface area (Å²) in [6.45, 7) is 0. The molecule has 0 saturated heterocycles. The second-order valence-electron chi connectivity index (χ2n) is 2.97. The number of methoxy groups -OCH3 is 1. The minimum atomic E-state index is -0.443. The molecule has 1 aromatic heterocycles. The first kappa shape index (κ1) is 9.39. The Labute approximate surface area is 84.7 Å². The summed E-state index contributed by atoms with van der Waals surface area (Å²) in [5.74, 6) is -0.443. The van der Waals surface area contributed by atoms with Crippen LogP contribution in [0.5, 0.6) is 0 Å². The third kappa shape index (κ3) is 1.71. The van der Waals surface area contributed by atoms with Crippen LogP contribution >= 0.6 is 0 Å². The molecular weight excluding hydrogens is 196 g/mol. The summed E-state index contributed by atoms with van der Waals surface area (Å²) in [6, 6.07) is 4.78. The third-order valence-corrected chi connectivity index (χ3v) is 2.00. The highest BCUT2D eigenvalue weighted by Crippen LogP contribution is 2.10. The number of H-pyrrole nitrogens is 1. The van der Waals surface area contributed by atoms with Crippen LogP contribution in [0, 0.1) is 0 Å². The monoisotopic (exact) mass is 204 g/mol. The summed E-state index contributed by atoms with van der Waals surface area (Å²) in [7, 11) is 1.30. The summed E-state index contributed by atoms with van der Waals surface area (Å²) < 4.78 is 4.56. The maximum absolute atomic E-state index is 11.2. The van der Waals surface area contributed by atoms with Gasteiger partial charge >= 0.3 is 5.97 Å². The number of aromatic nitrogens is 2. The largest absolute Gasteiger partial charge is 0.465 e. The second kappa shape index (κ2) is 3.53. The molecule has 0 saturated carbocycles. The average Bonchev–Trinajstić information content (AvgIpc) is 2.27. The SMILES string of the molecule is COC(=O)c1ccc2ncc(=O)[nH]c2c1. The van der Waals surface area contributed by atoms with Crippen molar-refractivity contribution in [3.05, 3.63) is 40.3 Å². The Kier molecular flexibility index (Phi) is 2.21. The van der Waals surface area contributed by atoms with Crippen LogP contribution in [0.1, 0.15) is 10.4 Å². The summed E-state index contributed by atoms with van der Waals surface area (Å²) in [6.07, 6.45) is 1.19. The van der Waals surface area contributed by atoms with Gasteiger partial charge in [0.05, 0.1) is 29.9 Å².